The van der Waals surface area contributed by atoms with E-state index >= 15 is 0 Å². The van der Waals surface area contributed by atoms with Gasteiger partial charge in [-0.05, 0) is 32.6 Å². The summed E-state index contributed by atoms with van der Waals surface area (Å²) in [5.41, 5.74) is 0. The molecule has 0 bridgehead atoms. The van der Waals surface area contributed by atoms with Crippen LogP contribution in [0.25, 0.3) is 0 Å². The summed E-state index contributed by atoms with van der Waals surface area (Å²) in [6, 6.07) is 0.542. The quantitative estimate of drug-likeness (QED) is 0.743. The van der Waals surface area contributed by atoms with Gasteiger partial charge in [0.05, 0.1) is 12.2 Å². The molecule has 2 fully saturated rings. The van der Waals surface area contributed by atoms with E-state index in [1.807, 2.05) is 0 Å². The normalized spacial score (nSPS) is 38.8. The summed E-state index contributed by atoms with van der Waals surface area (Å²) in [5, 5.41) is 3.55. The molecule has 0 amide bonds. The minimum Gasteiger partial charge on any atom is -0.377 e. The highest BCUT2D eigenvalue weighted by Crippen LogP contribution is 2.15. The molecule has 0 aliphatic carbocycles. The maximum absolute atomic E-state index is 5.67. The van der Waals surface area contributed by atoms with Gasteiger partial charge in [-0.25, -0.2) is 0 Å². The molecule has 3 unspecified atom stereocenters. The van der Waals surface area contributed by atoms with E-state index in [-0.39, 0.29) is 0 Å². The van der Waals surface area contributed by atoms with E-state index in [1.165, 1.54) is 19.3 Å². The predicted molar refractivity (Wildman–Crippen MR) is 55.4 cm³/mol. The Morgan fingerprint density at radius 3 is 2.71 bits per heavy atom. The molecule has 0 spiro atoms. The van der Waals surface area contributed by atoms with Crippen molar-refractivity contribution in [3.8, 4) is 0 Å². The van der Waals surface area contributed by atoms with Gasteiger partial charge in [0, 0.05) is 25.8 Å². The molecule has 0 radical (unpaired) electrons. The number of rotatable bonds is 3. The Balaban J connectivity index is 1.65. The third kappa shape index (κ3) is 2.69. The smallest absolute Gasteiger partial charge is 0.0700 e. The Labute approximate surface area is 86.2 Å². The third-order valence-corrected chi connectivity index (χ3v) is 3.26. The number of nitrogens with one attached hydrogen (secondary N) is 1. The second-order valence-electron chi connectivity index (χ2n) is 4.37. The van der Waals surface area contributed by atoms with Crippen LogP contribution < -0.4 is 5.32 Å². The lowest BCUT2D eigenvalue weighted by Gasteiger charge is -2.25. The Hall–Kier alpha value is -0.120. The lowest BCUT2D eigenvalue weighted by molar-refractivity contribution is 0.0135. The van der Waals surface area contributed by atoms with Gasteiger partial charge in [-0.15, -0.1) is 0 Å². The van der Waals surface area contributed by atoms with Gasteiger partial charge in [0.25, 0.3) is 0 Å². The standard InChI is InChI=1S/C11H21NO2/c1-9-11(5-7-13-9)12-8-10-4-2-3-6-14-10/h9-12H,2-8H2,1H3. The zero-order valence-corrected chi connectivity index (χ0v) is 9.00. The summed E-state index contributed by atoms with van der Waals surface area (Å²) in [6.45, 7) is 5.00. The fourth-order valence-electron chi connectivity index (χ4n) is 2.25. The van der Waals surface area contributed by atoms with Crippen molar-refractivity contribution in [2.45, 2.75) is 50.9 Å². The summed E-state index contributed by atoms with van der Waals surface area (Å²) in [4.78, 5) is 0. The first-order chi connectivity index (χ1) is 6.86. The molecule has 1 N–H and O–H groups in total. The SMILES string of the molecule is CC1OCCC1NCC1CCCCO1. The van der Waals surface area contributed by atoms with Gasteiger partial charge >= 0.3 is 0 Å². The van der Waals surface area contributed by atoms with E-state index in [4.69, 9.17) is 9.47 Å². The van der Waals surface area contributed by atoms with Crippen molar-refractivity contribution in [1.82, 2.24) is 5.32 Å². The first-order valence-electron chi connectivity index (χ1n) is 5.83. The molecule has 0 saturated carbocycles. The maximum Gasteiger partial charge on any atom is 0.0700 e. The summed E-state index contributed by atoms with van der Waals surface area (Å²) >= 11 is 0. The van der Waals surface area contributed by atoms with E-state index in [1.54, 1.807) is 0 Å². The van der Waals surface area contributed by atoms with Crippen LogP contribution in [0.5, 0.6) is 0 Å². The van der Waals surface area contributed by atoms with Gasteiger partial charge in [0.15, 0.2) is 0 Å². The summed E-state index contributed by atoms with van der Waals surface area (Å²) < 4.78 is 11.2. The molecule has 2 aliphatic heterocycles. The van der Waals surface area contributed by atoms with Crippen LogP contribution >= 0.6 is 0 Å². The second kappa shape index (κ2) is 5.10. The molecule has 2 aliphatic rings. The van der Waals surface area contributed by atoms with Crippen LogP contribution in [0.3, 0.4) is 0 Å². The molecule has 2 heterocycles. The molecule has 3 atom stereocenters. The molecule has 0 aromatic heterocycles. The predicted octanol–water partition coefficient (Wildman–Crippen LogP) is 1.32. The topological polar surface area (TPSA) is 30.5 Å². The Kier molecular flexibility index (Phi) is 3.79. The van der Waals surface area contributed by atoms with Gasteiger partial charge in [-0.1, -0.05) is 0 Å². The van der Waals surface area contributed by atoms with Crippen LogP contribution in [0.4, 0.5) is 0 Å². The second-order valence-corrected chi connectivity index (χ2v) is 4.37. The summed E-state index contributed by atoms with van der Waals surface area (Å²) in [6.07, 6.45) is 5.74. The van der Waals surface area contributed by atoms with Gasteiger partial charge in [0.1, 0.15) is 0 Å². The summed E-state index contributed by atoms with van der Waals surface area (Å²) in [7, 11) is 0. The average molecular weight is 199 g/mol. The van der Waals surface area contributed by atoms with E-state index in [9.17, 15) is 0 Å². The third-order valence-electron chi connectivity index (χ3n) is 3.26. The number of hydrogen-bond acceptors (Lipinski definition) is 3. The largest absolute Gasteiger partial charge is 0.377 e. The first kappa shape index (κ1) is 10.4. The zero-order valence-electron chi connectivity index (χ0n) is 9.00. The number of ether oxygens (including phenoxy) is 2. The molecule has 3 heteroatoms. The highest BCUT2D eigenvalue weighted by atomic mass is 16.5. The highest BCUT2D eigenvalue weighted by molar-refractivity contribution is 4.80. The minimum absolute atomic E-state index is 0.374. The molecule has 3 nitrogen and oxygen atoms in total. The van der Waals surface area contributed by atoms with Crippen molar-refractivity contribution in [2.75, 3.05) is 19.8 Å². The van der Waals surface area contributed by atoms with Crippen molar-refractivity contribution < 1.29 is 9.47 Å². The van der Waals surface area contributed by atoms with Crippen LogP contribution in [0.15, 0.2) is 0 Å². The molecule has 2 saturated heterocycles. The van der Waals surface area contributed by atoms with Crippen LogP contribution in [0.2, 0.25) is 0 Å². The monoisotopic (exact) mass is 199 g/mol. The van der Waals surface area contributed by atoms with E-state index in [0.29, 0.717) is 18.2 Å². The fraction of sp³-hybridized carbons (Fsp3) is 1.00. The van der Waals surface area contributed by atoms with Crippen molar-refractivity contribution in [2.24, 2.45) is 0 Å². The van der Waals surface area contributed by atoms with Crippen LogP contribution in [0, 0.1) is 0 Å². The summed E-state index contributed by atoms with van der Waals surface area (Å²) in [5.74, 6) is 0. The van der Waals surface area contributed by atoms with Crippen molar-refractivity contribution in [3.05, 3.63) is 0 Å². The number of hydrogen-bond donors (Lipinski definition) is 1. The lowest BCUT2D eigenvalue weighted by Crippen LogP contribution is -2.41. The molecule has 0 aromatic carbocycles. The van der Waals surface area contributed by atoms with E-state index in [0.717, 1.165) is 26.2 Å². The van der Waals surface area contributed by atoms with E-state index < -0.39 is 0 Å². The Bertz CT molecular complexity index is 169. The molecule has 14 heavy (non-hydrogen) atoms. The van der Waals surface area contributed by atoms with Crippen molar-refractivity contribution in [1.29, 1.82) is 0 Å². The molecule has 82 valence electrons. The zero-order chi connectivity index (χ0) is 9.80. The van der Waals surface area contributed by atoms with E-state index in [2.05, 4.69) is 12.2 Å². The average Bonchev–Trinajstić information content (AvgIpc) is 2.63. The van der Waals surface area contributed by atoms with Gasteiger partial charge in [-0.2, -0.15) is 0 Å². The lowest BCUT2D eigenvalue weighted by atomic mass is 10.1. The maximum atomic E-state index is 5.67. The minimum atomic E-state index is 0.374. The molecule has 2 rings (SSSR count). The van der Waals surface area contributed by atoms with Crippen LogP contribution in [0.1, 0.15) is 32.6 Å². The molecule has 0 aromatic rings. The molecular weight excluding hydrogens is 178 g/mol. The Morgan fingerprint density at radius 1 is 1.14 bits per heavy atom. The molecular formula is C11H21NO2. The fourth-order valence-corrected chi connectivity index (χ4v) is 2.25. The van der Waals surface area contributed by atoms with Gasteiger partial charge in [0.2, 0.25) is 0 Å². The van der Waals surface area contributed by atoms with Crippen molar-refractivity contribution >= 4 is 0 Å². The van der Waals surface area contributed by atoms with Gasteiger partial charge < -0.3 is 14.8 Å². The highest BCUT2D eigenvalue weighted by Gasteiger charge is 2.24. The van der Waals surface area contributed by atoms with Crippen molar-refractivity contribution in [3.63, 3.8) is 0 Å². The van der Waals surface area contributed by atoms with Crippen LogP contribution in [-0.4, -0.2) is 38.0 Å². The van der Waals surface area contributed by atoms with Gasteiger partial charge in [-0.3, -0.25) is 0 Å². The first-order valence-corrected chi connectivity index (χ1v) is 5.83. The Morgan fingerprint density at radius 2 is 2.07 bits per heavy atom. The van der Waals surface area contributed by atoms with Crippen LogP contribution in [-0.2, 0) is 9.47 Å².